The van der Waals surface area contributed by atoms with E-state index in [4.69, 9.17) is 9.40 Å². The minimum Gasteiger partial charge on any atom is -0.501 e. The molecule has 0 aliphatic carbocycles. The minimum atomic E-state index is -1.72. The van der Waals surface area contributed by atoms with Crippen molar-refractivity contribution in [3.05, 3.63) is 194 Å². The third-order valence-corrected chi connectivity index (χ3v) is 15.9. The third-order valence-electron chi connectivity index (χ3n) is 11.7. The Kier molecular flexibility index (Phi) is 9.92. The fourth-order valence-corrected chi connectivity index (χ4v) is 10.9. The van der Waals surface area contributed by atoms with Gasteiger partial charge in [0.1, 0.15) is 5.58 Å². The van der Waals surface area contributed by atoms with Crippen molar-refractivity contribution in [2.24, 2.45) is 0 Å². The van der Waals surface area contributed by atoms with Crippen molar-refractivity contribution in [1.82, 2.24) is 14.4 Å². The first-order valence-corrected chi connectivity index (χ1v) is 27.7. The Morgan fingerprint density at radius 3 is 1.87 bits per heavy atom. The molecule has 0 spiro atoms. The van der Waals surface area contributed by atoms with Crippen molar-refractivity contribution < 1.29 is 24.5 Å². The quantitative estimate of drug-likeness (QED) is 0.131. The number of pyridine rings is 1. The number of nitrogens with zero attached hydrogens (tertiary/aromatic N) is 3. The Balaban J connectivity index is 0.000000222. The number of hydrogen-bond acceptors (Lipinski definition) is 3. The van der Waals surface area contributed by atoms with Crippen molar-refractivity contribution >= 4 is 99.2 Å². The summed E-state index contributed by atoms with van der Waals surface area (Å²) in [7, 11) is 0. The normalized spacial score (nSPS) is 11.7. The van der Waals surface area contributed by atoms with Crippen LogP contribution in [-0.4, -0.2) is 27.6 Å². The van der Waals surface area contributed by atoms with Crippen LogP contribution in [0.2, 0.25) is 17.3 Å². The molecule has 0 saturated carbocycles. The molecule has 6 heteroatoms. The maximum absolute atomic E-state index is 6.69. The van der Waals surface area contributed by atoms with E-state index in [1.165, 1.54) is 31.3 Å². The molecule has 0 saturated heterocycles. The standard InChI is InChI=1S/C41H23N2O.C14H16GeN.Ir/c1-2-12-26-24-38-35(23-25(26)11-1)33-19-9-20-34(40(33)44-38)41-42-36-21-10-18-32-30-16-6-4-14-28(30)27-13-3-5-15-29(27)31-17-7-8-22-37(31)43(41)39(32)36;1-15(2,3)13-9-10-14(16-11-13)12-7-5-4-6-8-12;/h1-19,21-24H;4-7,9-11H,1-3H3;/q2*-1;. The molecule has 0 aliphatic rings. The predicted octanol–water partition coefficient (Wildman–Crippen LogP) is 14.1. The van der Waals surface area contributed by atoms with E-state index in [-0.39, 0.29) is 20.1 Å². The van der Waals surface area contributed by atoms with Gasteiger partial charge >= 0.3 is 99.8 Å². The number of imidazole rings is 1. The van der Waals surface area contributed by atoms with E-state index in [9.17, 15) is 0 Å². The van der Waals surface area contributed by atoms with Crippen LogP contribution in [0.3, 0.4) is 0 Å². The first-order chi connectivity index (χ1) is 29.4. The van der Waals surface area contributed by atoms with Gasteiger partial charge in [0, 0.05) is 41.8 Å². The van der Waals surface area contributed by atoms with Crippen LogP contribution in [-0.2, 0) is 20.1 Å². The molecule has 295 valence electrons. The summed E-state index contributed by atoms with van der Waals surface area (Å²) in [5.74, 6) is 7.95. The van der Waals surface area contributed by atoms with E-state index in [0.717, 1.165) is 77.3 Å². The summed E-state index contributed by atoms with van der Waals surface area (Å²) < 4.78 is 10.5. The van der Waals surface area contributed by atoms with E-state index in [0.29, 0.717) is 0 Å². The van der Waals surface area contributed by atoms with Crippen LogP contribution >= 0.6 is 0 Å². The second kappa shape index (κ2) is 15.6. The smallest absolute Gasteiger partial charge is 0.121 e. The molecule has 0 N–H and O–H groups in total. The summed E-state index contributed by atoms with van der Waals surface area (Å²) in [6.45, 7) is 0. The molecule has 12 rings (SSSR count). The molecule has 0 fully saturated rings. The zero-order chi connectivity index (χ0) is 40.4. The van der Waals surface area contributed by atoms with Gasteiger partial charge in [0.15, 0.2) is 0 Å². The predicted molar refractivity (Wildman–Crippen MR) is 255 cm³/mol. The van der Waals surface area contributed by atoms with Gasteiger partial charge in [0.2, 0.25) is 0 Å². The van der Waals surface area contributed by atoms with Crippen LogP contribution in [0, 0.1) is 12.1 Å². The second-order valence-corrected chi connectivity index (χ2v) is 27.1. The van der Waals surface area contributed by atoms with Crippen molar-refractivity contribution in [2.75, 3.05) is 0 Å². The zero-order valence-corrected chi connectivity index (χ0v) is 38.4. The van der Waals surface area contributed by atoms with Gasteiger partial charge in [-0.1, -0.05) is 114 Å². The summed E-state index contributed by atoms with van der Waals surface area (Å²) in [5, 5.41) is 11.6. The molecule has 4 heterocycles. The minimum absolute atomic E-state index is 0. The van der Waals surface area contributed by atoms with Gasteiger partial charge in [-0.15, -0.1) is 18.2 Å². The van der Waals surface area contributed by atoms with Gasteiger partial charge in [-0.2, -0.15) is 0 Å². The molecule has 0 amide bonds. The molecule has 61 heavy (non-hydrogen) atoms. The second-order valence-electron chi connectivity index (χ2n) is 16.4. The first kappa shape index (κ1) is 38.8. The Morgan fingerprint density at radius 1 is 0.541 bits per heavy atom. The summed E-state index contributed by atoms with van der Waals surface area (Å²) in [4.78, 5) is 9.87. The van der Waals surface area contributed by atoms with Crippen molar-refractivity contribution in [3.8, 4) is 22.6 Å². The molecular formula is C55H39GeIrN3O-2. The maximum Gasteiger partial charge on any atom is 0.121 e. The Bertz CT molecular complexity index is 3640. The molecule has 0 bridgehead atoms. The van der Waals surface area contributed by atoms with Gasteiger partial charge in [0.05, 0.1) is 22.4 Å². The van der Waals surface area contributed by atoms with Crippen LogP contribution in [0.15, 0.2) is 187 Å². The molecule has 4 aromatic heterocycles. The van der Waals surface area contributed by atoms with E-state index in [1.807, 2.05) is 36.5 Å². The number of fused-ring (bicyclic) bond motifs is 11. The van der Waals surface area contributed by atoms with E-state index in [1.54, 1.807) is 0 Å². The maximum atomic E-state index is 6.69. The summed E-state index contributed by atoms with van der Waals surface area (Å²) in [6.07, 6.45) is 2.04. The molecule has 0 unspecified atom stereocenters. The Labute approximate surface area is 369 Å². The van der Waals surface area contributed by atoms with Crippen molar-refractivity contribution in [2.45, 2.75) is 17.3 Å². The monoisotopic (exact) mass is 1020 g/mol. The average molecular weight is 1020 g/mol. The molecule has 0 aliphatic heterocycles. The van der Waals surface area contributed by atoms with Gasteiger partial charge in [-0.3, -0.25) is 4.98 Å². The molecular weight excluding hydrogens is 983 g/mol. The molecule has 1 radical (unpaired) electrons. The zero-order valence-electron chi connectivity index (χ0n) is 33.9. The third kappa shape index (κ3) is 6.74. The topological polar surface area (TPSA) is 43.3 Å². The summed E-state index contributed by atoms with van der Waals surface area (Å²) in [6, 6.07) is 68.5. The van der Waals surface area contributed by atoms with Gasteiger partial charge in [0.25, 0.3) is 0 Å². The van der Waals surface area contributed by atoms with Gasteiger partial charge in [-0.05, 0) is 56.6 Å². The number of benzene rings is 8. The van der Waals surface area contributed by atoms with Crippen LogP contribution in [0.4, 0.5) is 0 Å². The molecule has 4 nitrogen and oxygen atoms in total. The number of furan rings is 1. The van der Waals surface area contributed by atoms with Crippen molar-refractivity contribution in [3.63, 3.8) is 0 Å². The number of aromatic nitrogens is 3. The fourth-order valence-electron chi connectivity index (χ4n) is 8.69. The molecule has 0 atom stereocenters. The SMILES string of the molecule is [CH3][Ge]([CH3])([CH3])[c]1ccc(-c2[c-]cccc2)nc1.[Ir].[c-]1ccc2c(oc3cc4ccccc4cc32)c1-c1nc2cccc3c4ccccc4c4ccccc4c4ccccc4n1c23. The Hall–Kier alpha value is -6.37. The summed E-state index contributed by atoms with van der Waals surface area (Å²) in [5.41, 5.74) is 7.66. The van der Waals surface area contributed by atoms with Crippen LogP contribution in [0.25, 0.3) is 104 Å². The average Bonchev–Trinajstić information content (AvgIpc) is 3.87. The van der Waals surface area contributed by atoms with Crippen molar-refractivity contribution in [1.29, 1.82) is 0 Å². The van der Waals surface area contributed by atoms with E-state index >= 15 is 0 Å². The van der Waals surface area contributed by atoms with Gasteiger partial charge < -0.3 is 8.82 Å². The molecule has 12 aromatic rings. The first-order valence-electron chi connectivity index (χ1n) is 20.4. The van der Waals surface area contributed by atoms with Crippen LogP contribution < -0.4 is 4.40 Å². The van der Waals surface area contributed by atoms with Gasteiger partial charge in [-0.25, -0.2) is 0 Å². The van der Waals surface area contributed by atoms with E-state index in [2.05, 4.69) is 184 Å². The van der Waals surface area contributed by atoms with Crippen LogP contribution in [0.5, 0.6) is 0 Å². The molecule has 8 aromatic carbocycles. The number of para-hydroxylation sites is 2. The fraction of sp³-hybridized carbons (Fsp3) is 0.0545. The van der Waals surface area contributed by atoms with E-state index < -0.39 is 13.3 Å². The number of hydrogen-bond donors (Lipinski definition) is 0. The largest absolute Gasteiger partial charge is 0.501 e. The number of rotatable bonds is 3. The van der Waals surface area contributed by atoms with Crippen LogP contribution in [0.1, 0.15) is 0 Å². The Morgan fingerprint density at radius 2 is 1.18 bits per heavy atom. The summed E-state index contributed by atoms with van der Waals surface area (Å²) >= 11 is -1.72.